The zero-order valence-corrected chi connectivity index (χ0v) is 13.8. The average Bonchev–Trinajstić information content (AvgIpc) is 3.14. The number of ether oxygens (including phenoxy) is 1. The Balaban J connectivity index is 1.77. The maximum absolute atomic E-state index is 12.4. The van der Waals surface area contributed by atoms with Gasteiger partial charge in [-0.3, -0.25) is 4.79 Å². The van der Waals surface area contributed by atoms with Gasteiger partial charge in [0.25, 0.3) is 0 Å². The number of aromatic nitrogens is 2. The van der Waals surface area contributed by atoms with Gasteiger partial charge in [-0.15, -0.1) is 0 Å². The van der Waals surface area contributed by atoms with E-state index in [1.54, 1.807) is 43.9 Å². The Hall–Kier alpha value is -3.34. The number of nitrogens with zero attached hydrogens (tertiary/aromatic N) is 2. The van der Waals surface area contributed by atoms with Crippen LogP contribution < -0.4 is 4.74 Å². The molecule has 2 aromatic carbocycles. The minimum Gasteiger partial charge on any atom is -0.507 e. The monoisotopic (exact) mass is 334 g/mol. The molecule has 0 atom stereocenters. The summed E-state index contributed by atoms with van der Waals surface area (Å²) in [6.45, 7) is 0.586. The van der Waals surface area contributed by atoms with E-state index in [0.717, 1.165) is 16.9 Å². The second-order valence-corrected chi connectivity index (χ2v) is 5.56. The molecule has 5 nitrogen and oxygen atoms in total. The van der Waals surface area contributed by atoms with E-state index in [0.29, 0.717) is 6.54 Å². The number of ketones is 1. The molecule has 0 spiro atoms. The molecular weight excluding hydrogens is 316 g/mol. The highest BCUT2D eigenvalue weighted by Crippen LogP contribution is 2.21. The lowest BCUT2D eigenvalue weighted by Crippen LogP contribution is -2.00. The molecule has 1 heterocycles. The number of phenols is 1. The molecule has 0 aliphatic carbocycles. The van der Waals surface area contributed by atoms with E-state index in [4.69, 9.17) is 4.74 Å². The minimum absolute atomic E-state index is 0.0289. The molecule has 25 heavy (non-hydrogen) atoms. The fraction of sp³-hybridized carbons (Fsp3) is 0.100. The van der Waals surface area contributed by atoms with Crippen molar-refractivity contribution in [2.75, 3.05) is 7.11 Å². The van der Waals surface area contributed by atoms with Crippen LogP contribution in [0.25, 0.3) is 6.08 Å². The van der Waals surface area contributed by atoms with E-state index in [1.807, 2.05) is 35.0 Å². The van der Waals surface area contributed by atoms with Crippen molar-refractivity contribution in [3.63, 3.8) is 0 Å². The first-order valence-electron chi connectivity index (χ1n) is 7.80. The van der Waals surface area contributed by atoms with Crippen molar-refractivity contribution in [1.82, 2.24) is 9.55 Å². The van der Waals surface area contributed by atoms with Crippen LogP contribution in [0.1, 0.15) is 21.5 Å². The van der Waals surface area contributed by atoms with E-state index in [-0.39, 0.29) is 17.1 Å². The number of carbonyl (C=O) groups is 1. The lowest BCUT2D eigenvalue weighted by atomic mass is 10.0. The largest absolute Gasteiger partial charge is 0.507 e. The zero-order chi connectivity index (χ0) is 17.6. The third kappa shape index (κ3) is 4.14. The summed E-state index contributed by atoms with van der Waals surface area (Å²) in [5.74, 6) is 0.480. The molecule has 126 valence electrons. The van der Waals surface area contributed by atoms with Crippen LogP contribution in [-0.2, 0) is 6.54 Å². The van der Waals surface area contributed by atoms with Gasteiger partial charge < -0.3 is 14.4 Å². The Morgan fingerprint density at radius 1 is 1.24 bits per heavy atom. The van der Waals surface area contributed by atoms with Crippen molar-refractivity contribution in [3.8, 4) is 11.5 Å². The number of phenolic OH excluding ortho intramolecular Hbond substituents is 1. The van der Waals surface area contributed by atoms with Crippen LogP contribution in [-0.4, -0.2) is 27.6 Å². The summed E-state index contributed by atoms with van der Waals surface area (Å²) in [4.78, 5) is 16.4. The number of rotatable bonds is 6. The Morgan fingerprint density at radius 3 is 2.72 bits per heavy atom. The number of benzene rings is 2. The third-order valence-electron chi connectivity index (χ3n) is 3.79. The molecule has 1 N–H and O–H groups in total. The standard InChI is InChI=1S/C20H18N2O3/c1-25-17-6-2-15(3-7-17)4-8-19(23)18-12-16(5-9-20(18)24)13-22-11-10-21-14-22/h2-12,14,24H,13H2,1H3/b8-4+. The van der Waals surface area contributed by atoms with Gasteiger partial charge in [0, 0.05) is 18.9 Å². The molecule has 0 bridgehead atoms. The highest BCUT2D eigenvalue weighted by molar-refractivity contribution is 6.08. The summed E-state index contributed by atoms with van der Waals surface area (Å²) >= 11 is 0. The quantitative estimate of drug-likeness (QED) is 0.553. The molecule has 3 rings (SSSR count). The van der Waals surface area contributed by atoms with Gasteiger partial charge >= 0.3 is 0 Å². The molecule has 3 aromatic rings. The maximum atomic E-state index is 12.4. The Bertz CT molecular complexity index is 882. The molecule has 0 unspecified atom stereocenters. The Morgan fingerprint density at radius 2 is 2.04 bits per heavy atom. The second kappa shape index (κ2) is 7.49. The van der Waals surface area contributed by atoms with E-state index in [9.17, 15) is 9.90 Å². The Kier molecular flexibility index (Phi) is 4.95. The number of methoxy groups -OCH3 is 1. The van der Waals surface area contributed by atoms with Crippen molar-refractivity contribution in [1.29, 1.82) is 0 Å². The highest BCUT2D eigenvalue weighted by Gasteiger charge is 2.09. The molecule has 0 aliphatic rings. The van der Waals surface area contributed by atoms with Crippen molar-refractivity contribution < 1.29 is 14.6 Å². The first kappa shape index (κ1) is 16.5. The van der Waals surface area contributed by atoms with Crippen LogP contribution in [0.2, 0.25) is 0 Å². The third-order valence-corrected chi connectivity index (χ3v) is 3.79. The van der Waals surface area contributed by atoms with Gasteiger partial charge in [-0.1, -0.05) is 24.3 Å². The smallest absolute Gasteiger partial charge is 0.189 e. The molecule has 0 saturated carbocycles. The number of carbonyl (C=O) groups excluding carboxylic acids is 1. The predicted octanol–water partition coefficient (Wildman–Crippen LogP) is 3.54. The van der Waals surface area contributed by atoms with Crippen LogP contribution in [0.3, 0.4) is 0 Å². The van der Waals surface area contributed by atoms with Crippen molar-refractivity contribution in [3.05, 3.63) is 84.0 Å². The summed E-state index contributed by atoms with van der Waals surface area (Å²) in [6.07, 6.45) is 8.42. The molecule has 0 radical (unpaired) electrons. The normalized spacial score (nSPS) is 10.9. The lowest BCUT2D eigenvalue weighted by molar-refractivity contribution is 0.104. The molecular formula is C20H18N2O3. The fourth-order valence-electron chi connectivity index (χ4n) is 2.45. The average molecular weight is 334 g/mol. The van der Waals surface area contributed by atoms with Gasteiger partial charge in [0.05, 0.1) is 19.0 Å². The van der Waals surface area contributed by atoms with Gasteiger partial charge in [-0.05, 0) is 41.5 Å². The molecule has 1 aromatic heterocycles. The van der Waals surface area contributed by atoms with Gasteiger partial charge in [0.2, 0.25) is 0 Å². The van der Waals surface area contributed by atoms with Crippen LogP contribution in [0, 0.1) is 0 Å². The maximum Gasteiger partial charge on any atom is 0.189 e. The summed E-state index contributed by atoms with van der Waals surface area (Å²) in [5, 5.41) is 10.0. The van der Waals surface area contributed by atoms with Crippen LogP contribution in [0.4, 0.5) is 0 Å². The first-order valence-corrected chi connectivity index (χ1v) is 7.80. The highest BCUT2D eigenvalue weighted by atomic mass is 16.5. The van der Waals surface area contributed by atoms with Crippen molar-refractivity contribution >= 4 is 11.9 Å². The molecule has 0 fully saturated rings. The van der Waals surface area contributed by atoms with Crippen molar-refractivity contribution in [2.45, 2.75) is 6.54 Å². The number of hydrogen-bond donors (Lipinski definition) is 1. The molecule has 5 heteroatoms. The zero-order valence-electron chi connectivity index (χ0n) is 13.8. The number of hydrogen-bond acceptors (Lipinski definition) is 4. The van der Waals surface area contributed by atoms with Crippen molar-refractivity contribution in [2.24, 2.45) is 0 Å². The predicted molar refractivity (Wildman–Crippen MR) is 95.8 cm³/mol. The minimum atomic E-state index is -0.249. The molecule has 0 aliphatic heterocycles. The Labute approximate surface area is 145 Å². The van der Waals surface area contributed by atoms with E-state index in [1.165, 1.54) is 6.08 Å². The number of allylic oxidation sites excluding steroid dienone is 1. The van der Waals surface area contributed by atoms with Crippen LogP contribution >= 0.6 is 0 Å². The molecule has 0 amide bonds. The summed E-state index contributed by atoms with van der Waals surface area (Å²) in [5.41, 5.74) is 2.07. The second-order valence-electron chi connectivity index (χ2n) is 5.56. The summed E-state index contributed by atoms with van der Waals surface area (Å²) < 4.78 is 7.00. The molecule has 0 saturated heterocycles. The van der Waals surface area contributed by atoms with Gasteiger partial charge in [-0.2, -0.15) is 0 Å². The van der Waals surface area contributed by atoms with E-state index in [2.05, 4.69) is 4.98 Å². The summed E-state index contributed by atoms with van der Waals surface area (Å²) in [6, 6.07) is 12.4. The first-order chi connectivity index (χ1) is 12.2. The SMILES string of the molecule is COc1ccc(/C=C/C(=O)c2cc(Cn3ccnc3)ccc2O)cc1. The van der Waals surface area contributed by atoms with Gasteiger partial charge in [-0.25, -0.2) is 4.98 Å². The van der Waals surface area contributed by atoms with Gasteiger partial charge in [0.15, 0.2) is 5.78 Å². The van der Waals surface area contributed by atoms with Crippen LogP contribution in [0.5, 0.6) is 11.5 Å². The fourth-order valence-corrected chi connectivity index (χ4v) is 2.45. The van der Waals surface area contributed by atoms with Crippen LogP contribution in [0.15, 0.2) is 67.3 Å². The lowest BCUT2D eigenvalue weighted by Gasteiger charge is -2.06. The summed E-state index contributed by atoms with van der Waals surface area (Å²) in [7, 11) is 1.61. The number of aromatic hydroxyl groups is 1. The van der Waals surface area contributed by atoms with E-state index < -0.39 is 0 Å². The topological polar surface area (TPSA) is 64.4 Å². The van der Waals surface area contributed by atoms with Gasteiger partial charge in [0.1, 0.15) is 11.5 Å². The van der Waals surface area contributed by atoms with E-state index >= 15 is 0 Å². The number of imidazole rings is 1.